The fourth-order valence-electron chi connectivity index (χ4n) is 6.50. The summed E-state index contributed by atoms with van der Waals surface area (Å²) in [7, 11) is 0. The third-order valence-electron chi connectivity index (χ3n) is 8.06. The number of epoxide rings is 1. The van der Waals surface area contributed by atoms with Gasteiger partial charge in [0.2, 0.25) is 0 Å². The number of carbonyl (C=O) groups is 1. The molecule has 2 heterocycles. The molecule has 2 aliphatic carbocycles. The molecule has 2 aliphatic heterocycles. The molecule has 0 aromatic carbocycles. The molecule has 0 aromatic rings. The number of fused-ring (bicyclic) bond motifs is 2. The Kier molecular flexibility index (Phi) is 4.85. The first-order chi connectivity index (χ1) is 12.5. The second-order valence-electron chi connectivity index (χ2n) is 9.28. The molecular weight excluding hydrogens is 328 g/mol. The Morgan fingerprint density at radius 2 is 2.08 bits per heavy atom. The maximum Gasteiger partial charge on any atom is 0.311 e. The highest BCUT2D eigenvalue weighted by Crippen LogP contribution is 2.70. The zero-order valence-corrected chi connectivity index (χ0v) is 16.9. The second kappa shape index (κ2) is 6.75. The number of esters is 1. The standard InChI is InChI=1S/C21H36N2O3/c1-5-23(6-2)11-10-22-13-15-17-16(25-19(15)24)12-20(4)9-7-8-14(3)21(20)18(17)26-21/h14-18,22H,5-13H2,1-4H3/t14-,15?,16+,17+,18-,20+,21-/m0/s1. The van der Waals surface area contributed by atoms with Crippen LogP contribution in [0.3, 0.4) is 0 Å². The predicted octanol–water partition coefficient (Wildman–Crippen LogP) is 2.44. The van der Waals surface area contributed by atoms with E-state index < -0.39 is 0 Å². The molecule has 7 atom stereocenters. The molecule has 1 spiro atoms. The van der Waals surface area contributed by atoms with Crippen molar-refractivity contribution in [3.8, 4) is 0 Å². The van der Waals surface area contributed by atoms with E-state index in [2.05, 4.69) is 37.9 Å². The van der Waals surface area contributed by atoms with Crippen LogP contribution >= 0.6 is 0 Å². The van der Waals surface area contributed by atoms with Crippen LogP contribution in [0.2, 0.25) is 0 Å². The van der Waals surface area contributed by atoms with E-state index in [1.165, 1.54) is 19.3 Å². The summed E-state index contributed by atoms with van der Waals surface area (Å²) in [6, 6.07) is 0. The highest BCUT2D eigenvalue weighted by molar-refractivity contribution is 5.76. The minimum absolute atomic E-state index is 0.00381. The van der Waals surface area contributed by atoms with Crippen molar-refractivity contribution in [2.24, 2.45) is 23.2 Å². The molecule has 1 unspecified atom stereocenters. The summed E-state index contributed by atoms with van der Waals surface area (Å²) in [4.78, 5) is 15.0. The van der Waals surface area contributed by atoms with Gasteiger partial charge < -0.3 is 19.7 Å². The lowest BCUT2D eigenvalue weighted by Crippen LogP contribution is -2.54. The van der Waals surface area contributed by atoms with Gasteiger partial charge in [0.05, 0.1) is 12.0 Å². The minimum Gasteiger partial charge on any atom is -0.462 e. The van der Waals surface area contributed by atoms with Gasteiger partial charge in [-0.2, -0.15) is 0 Å². The van der Waals surface area contributed by atoms with Crippen LogP contribution in [0.5, 0.6) is 0 Å². The van der Waals surface area contributed by atoms with Crippen molar-refractivity contribution in [1.82, 2.24) is 10.2 Å². The van der Waals surface area contributed by atoms with Gasteiger partial charge in [0, 0.05) is 31.0 Å². The first-order valence-corrected chi connectivity index (χ1v) is 10.8. The number of ether oxygens (including phenoxy) is 2. The summed E-state index contributed by atoms with van der Waals surface area (Å²) in [6.45, 7) is 13.9. The zero-order chi connectivity index (χ0) is 18.5. The Morgan fingerprint density at radius 1 is 1.31 bits per heavy atom. The number of likely N-dealkylation sites (N-methyl/N-ethyl adjacent to an activating group) is 1. The van der Waals surface area contributed by atoms with Gasteiger partial charge in [-0.3, -0.25) is 4.79 Å². The van der Waals surface area contributed by atoms with Gasteiger partial charge in [-0.25, -0.2) is 0 Å². The molecular formula is C21H36N2O3. The molecule has 1 N–H and O–H groups in total. The number of carbonyl (C=O) groups excluding carboxylic acids is 1. The molecule has 5 heteroatoms. The van der Waals surface area contributed by atoms with E-state index in [4.69, 9.17) is 9.47 Å². The Balaban J connectivity index is 1.41. The number of nitrogens with zero attached hydrogens (tertiary/aromatic N) is 1. The number of rotatable bonds is 7. The molecule has 4 aliphatic rings. The summed E-state index contributed by atoms with van der Waals surface area (Å²) in [5, 5.41) is 3.52. The van der Waals surface area contributed by atoms with Gasteiger partial charge in [0.1, 0.15) is 11.7 Å². The van der Waals surface area contributed by atoms with Crippen molar-refractivity contribution in [3.63, 3.8) is 0 Å². The van der Waals surface area contributed by atoms with Crippen molar-refractivity contribution in [1.29, 1.82) is 0 Å². The first kappa shape index (κ1) is 18.7. The van der Waals surface area contributed by atoms with Crippen LogP contribution in [0.4, 0.5) is 0 Å². The molecule has 2 saturated carbocycles. The topological polar surface area (TPSA) is 54.1 Å². The molecule has 2 saturated heterocycles. The van der Waals surface area contributed by atoms with Gasteiger partial charge in [0.15, 0.2) is 0 Å². The molecule has 5 nitrogen and oxygen atoms in total. The Morgan fingerprint density at radius 3 is 2.81 bits per heavy atom. The summed E-state index contributed by atoms with van der Waals surface area (Å²) >= 11 is 0. The quantitative estimate of drug-likeness (QED) is 0.427. The predicted molar refractivity (Wildman–Crippen MR) is 101 cm³/mol. The molecule has 0 amide bonds. The summed E-state index contributed by atoms with van der Waals surface area (Å²) in [5.41, 5.74) is 0.196. The highest BCUT2D eigenvalue weighted by atomic mass is 16.6. The smallest absolute Gasteiger partial charge is 0.311 e. The third kappa shape index (κ3) is 2.65. The fourth-order valence-corrected chi connectivity index (χ4v) is 6.50. The van der Waals surface area contributed by atoms with Gasteiger partial charge in [-0.05, 0) is 38.3 Å². The van der Waals surface area contributed by atoms with Crippen LogP contribution in [0, 0.1) is 23.2 Å². The average Bonchev–Trinajstić information content (AvgIpc) is 3.29. The number of nitrogens with one attached hydrogen (secondary N) is 1. The number of hydrogen-bond acceptors (Lipinski definition) is 5. The molecule has 4 fully saturated rings. The summed E-state index contributed by atoms with van der Waals surface area (Å²) in [6.07, 6.45) is 5.01. The first-order valence-electron chi connectivity index (χ1n) is 10.8. The van der Waals surface area contributed by atoms with E-state index in [1.807, 2.05) is 0 Å². The molecule has 0 bridgehead atoms. The monoisotopic (exact) mass is 364 g/mol. The normalized spacial score (nSPS) is 46.5. The van der Waals surface area contributed by atoms with Gasteiger partial charge in [0.25, 0.3) is 0 Å². The SMILES string of the molecule is CCN(CC)CCNCC1C(=O)O[C@@H]2C[C@@]3(C)CCC[C@H](C)[C@@]34O[C@H]4[C@H]12. The molecule has 4 rings (SSSR count). The lowest BCUT2D eigenvalue weighted by Gasteiger charge is -2.48. The van der Waals surface area contributed by atoms with E-state index in [0.717, 1.165) is 39.1 Å². The Hall–Kier alpha value is -0.650. The summed E-state index contributed by atoms with van der Waals surface area (Å²) in [5.74, 6) is 0.798. The van der Waals surface area contributed by atoms with Crippen molar-refractivity contribution in [2.45, 2.75) is 71.2 Å². The maximum absolute atomic E-state index is 12.6. The van der Waals surface area contributed by atoms with Crippen molar-refractivity contribution >= 4 is 5.97 Å². The molecule has 26 heavy (non-hydrogen) atoms. The minimum atomic E-state index is -0.0419. The Labute approximate surface area is 158 Å². The van der Waals surface area contributed by atoms with Crippen LogP contribution < -0.4 is 5.32 Å². The van der Waals surface area contributed by atoms with E-state index in [9.17, 15) is 4.79 Å². The molecule has 0 aromatic heterocycles. The average molecular weight is 365 g/mol. The van der Waals surface area contributed by atoms with Crippen LogP contribution in [-0.2, 0) is 14.3 Å². The van der Waals surface area contributed by atoms with E-state index in [0.29, 0.717) is 5.92 Å². The third-order valence-corrected chi connectivity index (χ3v) is 8.06. The number of hydrogen-bond donors (Lipinski definition) is 1. The van der Waals surface area contributed by atoms with Crippen LogP contribution in [0.15, 0.2) is 0 Å². The maximum atomic E-state index is 12.6. The van der Waals surface area contributed by atoms with E-state index in [-0.39, 0.29) is 41.0 Å². The highest BCUT2D eigenvalue weighted by Gasteiger charge is 2.78. The lowest BCUT2D eigenvalue weighted by molar-refractivity contribution is -0.146. The fraction of sp³-hybridized carbons (Fsp3) is 0.952. The van der Waals surface area contributed by atoms with Crippen LogP contribution in [0.25, 0.3) is 0 Å². The van der Waals surface area contributed by atoms with Crippen LogP contribution in [-0.4, -0.2) is 61.4 Å². The van der Waals surface area contributed by atoms with Crippen molar-refractivity contribution in [3.05, 3.63) is 0 Å². The van der Waals surface area contributed by atoms with E-state index in [1.54, 1.807) is 0 Å². The molecule has 148 valence electrons. The van der Waals surface area contributed by atoms with Crippen LogP contribution in [0.1, 0.15) is 53.4 Å². The van der Waals surface area contributed by atoms with E-state index >= 15 is 0 Å². The summed E-state index contributed by atoms with van der Waals surface area (Å²) < 4.78 is 12.4. The van der Waals surface area contributed by atoms with Crippen molar-refractivity contribution in [2.75, 3.05) is 32.7 Å². The zero-order valence-electron chi connectivity index (χ0n) is 16.9. The molecule has 0 radical (unpaired) electrons. The van der Waals surface area contributed by atoms with Gasteiger partial charge in [-0.1, -0.05) is 34.1 Å². The van der Waals surface area contributed by atoms with Crippen molar-refractivity contribution < 1.29 is 14.3 Å². The Bertz CT molecular complexity index is 551. The van der Waals surface area contributed by atoms with Gasteiger partial charge in [-0.15, -0.1) is 0 Å². The lowest BCUT2D eigenvalue weighted by atomic mass is 9.53. The van der Waals surface area contributed by atoms with Gasteiger partial charge >= 0.3 is 5.97 Å². The second-order valence-corrected chi connectivity index (χ2v) is 9.28. The largest absolute Gasteiger partial charge is 0.462 e.